The van der Waals surface area contributed by atoms with Crippen LogP contribution in [0.15, 0.2) is 59.4 Å². The van der Waals surface area contributed by atoms with Crippen molar-refractivity contribution in [3.63, 3.8) is 0 Å². The summed E-state index contributed by atoms with van der Waals surface area (Å²) < 4.78 is 0. The van der Waals surface area contributed by atoms with Crippen molar-refractivity contribution in [2.75, 3.05) is 5.73 Å². The van der Waals surface area contributed by atoms with Gasteiger partial charge in [-0.25, -0.2) is 0 Å². The van der Waals surface area contributed by atoms with Crippen LogP contribution in [0, 0.1) is 0 Å². The van der Waals surface area contributed by atoms with E-state index in [4.69, 9.17) is 5.73 Å². The van der Waals surface area contributed by atoms with E-state index in [1.54, 1.807) is 6.07 Å². The summed E-state index contributed by atoms with van der Waals surface area (Å²) in [5.74, 6) is 0. The van der Waals surface area contributed by atoms with E-state index in [0.717, 1.165) is 16.2 Å². The summed E-state index contributed by atoms with van der Waals surface area (Å²) in [6, 6.07) is 17.0. The van der Waals surface area contributed by atoms with Gasteiger partial charge in [-0.1, -0.05) is 42.5 Å². The predicted octanol–water partition coefficient (Wildman–Crippen LogP) is 2.94. The van der Waals surface area contributed by atoms with E-state index >= 15 is 0 Å². The Bertz CT molecular complexity index is 778. The quantitative estimate of drug-likeness (QED) is 0.593. The maximum Gasteiger partial charge on any atom is 0.194 e. The van der Waals surface area contributed by atoms with Crippen LogP contribution in [-0.2, 0) is 0 Å². The lowest BCUT2D eigenvalue weighted by Gasteiger charge is -1.94. The second kappa shape index (κ2) is 3.59. The van der Waals surface area contributed by atoms with E-state index in [2.05, 4.69) is 0 Å². The monoisotopic (exact) mass is 221 g/mol. The zero-order chi connectivity index (χ0) is 11.8. The molecule has 3 rings (SSSR count). The number of nitrogens with two attached hydrogens (primary N) is 1. The Hall–Kier alpha value is -2.35. The van der Waals surface area contributed by atoms with Gasteiger partial charge in [0, 0.05) is 16.5 Å². The van der Waals surface area contributed by atoms with Gasteiger partial charge in [-0.15, -0.1) is 0 Å². The van der Waals surface area contributed by atoms with Crippen LogP contribution in [-0.4, -0.2) is 0 Å². The first-order chi connectivity index (χ1) is 8.25. The van der Waals surface area contributed by atoms with Crippen molar-refractivity contribution in [1.82, 2.24) is 0 Å². The third-order valence-electron chi connectivity index (χ3n) is 2.97. The van der Waals surface area contributed by atoms with Crippen LogP contribution in [0.4, 0.5) is 5.69 Å². The van der Waals surface area contributed by atoms with Crippen LogP contribution in [0.25, 0.3) is 21.5 Å². The summed E-state index contributed by atoms with van der Waals surface area (Å²) in [7, 11) is 0. The second-order valence-corrected chi connectivity index (χ2v) is 4.10. The number of anilines is 1. The normalized spacial score (nSPS) is 10.8. The summed E-state index contributed by atoms with van der Waals surface area (Å²) in [6.45, 7) is 0. The Morgan fingerprint density at radius 2 is 1.41 bits per heavy atom. The van der Waals surface area contributed by atoms with Crippen molar-refractivity contribution < 1.29 is 0 Å². The van der Waals surface area contributed by atoms with Gasteiger partial charge in [0.2, 0.25) is 0 Å². The fourth-order valence-electron chi connectivity index (χ4n) is 2.09. The van der Waals surface area contributed by atoms with Crippen LogP contribution < -0.4 is 11.2 Å². The van der Waals surface area contributed by atoms with Gasteiger partial charge < -0.3 is 5.73 Å². The van der Waals surface area contributed by atoms with Gasteiger partial charge in [-0.05, 0) is 22.9 Å². The summed E-state index contributed by atoms with van der Waals surface area (Å²) in [5, 5.41) is 3.27. The minimum atomic E-state index is 0.0351. The molecule has 0 atom stereocenters. The lowest BCUT2D eigenvalue weighted by Crippen LogP contribution is -1.98. The highest BCUT2D eigenvalue weighted by molar-refractivity contribution is 5.94. The molecule has 3 aromatic rings. The highest BCUT2D eigenvalue weighted by Crippen LogP contribution is 2.17. The van der Waals surface area contributed by atoms with Crippen molar-refractivity contribution in [3.05, 3.63) is 64.8 Å². The van der Waals surface area contributed by atoms with Gasteiger partial charge in [0.05, 0.1) is 0 Å². The van der Waals surface area contributed by atoms with Crippen molar-refractivity contribution in [2.45, 2.75) is 0 Å². The zero-order valence-corrected chi connectivity index (χ0v) is 9.18. The Kier molecular flexibility index (Phi) is 2.08. The van der Waals surface area contributed by atoms with E-state index in [1.807, 2.05) is 48.5 Å². The van der Waals surface area contributed by atoms with E-state index in [-0.39, 0.29) is 5.43 Å². The third-order valence-corrected chi connectivity index (χ3v) is 2.97. The minimum absolute atomic E-state index is 0.0351. The van der Waals surface area contributed by atoms with Crippen molar-refractivity contribution in [3.8, 4) is 0 Å². The van der Waals surface area contributed by atoms with Crippen LogP contribution >= 0.6 is 0 Å². The highest BCUT2D eigenvalue weighted by Gasteiger charge is 2.01. The minimum Gasteiger partial charge on any atom is -0.399 e. The van der Waals surface area contributed by atoms with Crippen LogP contribution in [0.5, 0.6) is 0 Å². The predicted molar refractivity (Wildman–Crippen MR) is 72.1 cm³/mol. The molecule has 2 heteroatoms. The second-order valence-electron chi connectivity index (χ2n) is 4.10. The summed E-state index contributed by atoms with van der Waals surface area (Å²) >= 11 is 0. The number of fused-ring (bicyclic) bond motifs is 2. The topological polar surface area (TPSA) is 43.1 Å². The fraction of sp³-hybridized carbons (Fsp3) is 0. The molecule has 0 aliphatic heterocycles. The number of hydrogen-bond acceptors (Lipinski definition) is 2. The van der Waals surface area contributed by atoms with E-state index in [9.17, 15) is 4.79 Å². The van der Waals surface area contributed by atoms with Crippen molar-refractivity contribution in [1.29, 1.82) is 0 Å². The average Bonchev–Trinajstić information content (AvgIpc) is 2.49. The lowest BCUT2D eigenvalue weighted by atomic mass is 10.1. The number of nitrogen functional groups attached to an aromatic ring is 1. The van der Waals surface area contributed by atoms with Gasteiger partial charge in [0.15, 0.2) is 5.43 Å². The van der Waals surface area contributed by atoms with Crippen molar-refractivity contribution >= 4 is 27.2 Å². The molecule has 0 fully saturated rings. The molecule has 2 nitrogen and oxygen atoms in total. The molecule has 17 heavy (non-hydrogen) atoms. The standard InChI is InChI=1S/C15H11NO/c16-12-8-7-11-6-5-10-3-1-2-4-13(10)15(17)14(11)9-12/h1-9H,16H2. The largest absolute Gasteiger partial charge is 0.399 e. The summed E-state index contributed by atoms with van der Waals surface area (Å²) in [5.41, 5.74) is 6.39. The Morgan fingerprint density at radius 3 is 2.24 bits per heavy atom. The first kappa shape index (κ1) is 9.85. The molecule has 82 valence electrons. The first-order valence-electron chi connectivity index (χ1n) is 5.47. The number of benzene rings is 2. The molecule has 0 radical (unpaired) electrons. The lowest BCUT2D eigenvalue weighted by molar-refractivity contribution is 1.73. The molecular weight excluding hydrogens is 210 g/mol. The SMILES string of the molecule is Nc1ccc2ccc3ccccc3c(=O)c2c1. The van der Waals surface area contributed by atoms with E-state index < -0.39 is 0 Å². The van der Waals surface area contributed by atoms with Crippen LogP contribution in [0.2, 0.25) is 0 Å². The van der Waals surface area contributed by atoms with Gasteiger partial charge >= 0.3 is 0 Å². The van der Waals surface area contributed by atoms with Crippen molar-refractivity contribution in [2.24, 2.45) is 0 Å². The Labute approximate surface area is 98.3 Å². The molecule has 2 N–H and O–H groups in total. The maximum absolute atomic E-state index is 12.4. The molecule has 0 saturated heterocycles. The molecule has 0 saturated carbocycles. The van der Waals surface area contributed by atoms with Gasteiger partial charge in [0.1, 0.15) is 0 Å². The smallest absolute Gasteiger partial charge is 0.194 e. The maximum atomic E-state index is 12.4. The molecular formula is C15H11NO. The highest BCUT2D eigenvalue weighted by atomic mass is 16.1. The molecule has 0 spiro atoms. The molecule has 0 unspecified atom stereocenters. The van der Waals surface area contributed by atoms with E-state index in [0.29, 0.717) is 11.1 Å². The average molecular weight is 221 g/mol. The third kappa shape index (κ3) is 1.54. The van der Waals surface area contributed by atoms with Gasteiger partial charge in [-0.2, -0.15) is 0 Å². The van der Waals surface area contributed by atoms with Gasteiger partial charge in [0.25, 0.3) is 0 Å². The molecule has 0 aromatic heterocycles. The van der Waals surface area contributed by atoms with Crippen LogP contribution in [0.3, 0.4) is 0 Å². The van der Waals surface area contributed by atoms with Gasteiger partial charge in [-0.3, -0.25) is 4.79 Å². The Balaban J connectivity index is 2.65. The number of hydrogen-bond donors (Lipinski definition) is 1. The zero-order valence-electron chi connectivity index (χ0n) is 9.18. The molecule has 0 aliphatic rings. The summed E-state index contributed by atoms with van der Waals surface area (Å²) in [4.78, 5) is 12.4. The molecule has 0 amide bonds. The molecule has 0 heterocycles. The molecule has 3 aromatic carbocycles. The van der Waals surface area contributed by atoms with Crippen LogP contribution in [0.1, 0.15) is 0 Å². The fourth-order valence-corrected chi connectivity index (χ4v) is 2.09. The molecule has 0 bridgehead atoms. The first-order valence-corrected chi connectivity index (χ1v) is 5.47. The summed E-state index contributed by atoms with van der Waals surface area (Å²) in [6.07, 6.45) is 0. The number of rotatable bonds is 0. The Morgan fingerprint density at radius 1 is 0.765 bits per heavy atom. The molecule has 0 aliphatic carbocycles. The van der Waals surface area contributed by atoms with E-state index in [1.165, 1.54) is 0 Å².